The Kier molecular flexibility index (Phi) is 9.48. The summed E-state index contributed by atoms with van der Waals surface area (Å²) in [5, 5.41) is 2.87. The molecular weight excluding hydrogens is 441 g/mol. The Balaban J connectivity index is 1.53. The van der Waals surface area contributed by atoms with E-state index in [-0.39, 0.29) is 30.1 Å². The van der Waals surface area contributed by atoms with Gasteiger partial charge in [-0.2, -0.15) is 11.8 Å². The zero-order chi connectivity index (χ0) is 23.6. The Bertz CT molecular complexity index is 952. The van der Waals surface area contributed by atoms with Crippen LogP contribution in [0.5, 0.6) is 0 Å². The van der Waals surface area contributed by atoms with E-state index in [1.165, 1.54) is 12.1 Å². The molecule has 0 radical (unpaired) electrons. The van der Waals surface area contributed by atoms with Crippen molar-refractivity contribution in [3.8, 4) is 0 Å². The summed E-state index contributed by atoms with van der Waals surface area (Å²) in [6.07, 6.45) is 1.92. The van der Waals surface area contributed by atoms with Gasteiger partial charge >= 0.3 is 5.97 Å². The zero-order valence-electron chi connectivity index (χ0n) is 18.8. The lowest BCUT2D eigenvalue weighted by atomic mass is 10.0. The summed E-state index contributed by atoms with van der Waals surface area (Å²) in [5.41, 5.74) is 1.99. The fraction of sp³-hybridized carbons (Fsp3) is 0.423. The molecule has 33 heavy (non-hydrogen) atoms. The molecule has 0 aliphatic heterocycles. The number of rotatable bonds is 13. The van der Waals surface area contributed by atoms with Crippen LogP contribution in [0.1, 0.15) is 37.3 Å². The van der Waals surface area contributed by atoms with Crippen molar-refractivity contribution >= 4 is 29.4 Å². The van der Waals surface area contributed by atoms with Gasteiger partial charge in [-0.3, -0.25) is 14.4 Å². The molecule has 0 heterocycles. The molecule has 3 atom stereocenters. The van der Waals surface area contributed by atoms with Crippen LogP contribution >= 0.6 is 11.8 Å². The number of ether oxygens (including phenoxy) is 1. The van der Waals surface area contributed by atoms with Gasteiger partial charge in [-0.05, 0) is 49.4 Å². The van der Waals surface area contributed by atoms with Crippen LogP contribution in [0.3, 0.4) is 0 Å². The van der Waals surface area contributed by atoms with E-state index in [4.69, 9.17) is 4.74 Å². The fourth-order valence-electron chi connectivity index (χ4n) is 3.69. The first kappa shape index (κ1) is 25.0. The summed E-state index contributed by atoms with van der Waals surface area (Å²) in [6, 6.07) is 15.7. The lowest BCUT2D eigenvalue weighted by Crippen LogP contribution is -2.43. The van der Waals surface area contributed by atoms with Gasteiger partial charge in [0.1, 0.15) is 5.82 Å². The minimum absolute atomic E-state index is 0.0475. The monoisotopic (exact) mass is 471 g/mol. The maximum absolute atomic E-state index is 13.4. The van der Waals surface area contributed by atoms with Crippen molar-refractivity contribution in [2.75, 3.05) is 12.4 Å². The van der Waals surface area contributed by atoms with Gasteiger partial charge < -0.3 is 10.1 Å². The molecule has 2 aromatic carbocycles. The summed E-state index contributed by atoms with van der Waals surface area (Å²) >= 11 is 1.59. The second kappa shape index (κ2) is 12.5. The minimum atomic E-state index is -0.623. The molecule has 0 spiro atoms. The standard InChI is InChI=1S/C26H30FNO4S/c1-2-32-26(31)22-15-21(22)25(30)28-23(17-33-16-19-8-4-3-5-9-19)24(29)13-7-11-18-10-6-12-20(27)14-18/h3-6,8-10,12,14,21-23H,2,7,11,13,15-17H2,1H3,(H,28,30)/t21-,22-,23-/m0/s1. The van der Waals surface area contributed by atoms with Crippen LogP contribution in [-0.4, -0.2) is 36.1 Å². The molecule has 0 unspecified atom stereocenters. The topological polar surface area (TPSA) is 72.5 Å². The number of esters is 1. The van der Waals surface area contributed by atoms with Gasteiger partial charge in [-0.15, -0.1) is 0 Å². The largest absolute Gasteiger partial charge is 0.466 e. The van der Waals surface area contributed by atoms with Gasteiger partial charge in [0.15, 0.2) is 5.78 Å². The Hall–Kier alpha value is -2.67. The molecule has 2 aromatic rings. The maximum Gasteiger partial charge on any atom is 0.309 e. The molecule has 7 heteroatoms. The lowest BCUT2D eigenvalue weighted by molar-refractivity contribution is -0.146. The van der Waals surface area contributed by atoms with Crippen LogP contribution in [0.15, 0.2) is 54.6 Å². The Labute approximate surface area is 198 Å². The third kappa shape index (κ3) is 8.00. The lowest BCUT2D eigenvalue weighted by Gasteiger charge is -2.18. The minimum Gasteiger partial charge on any atom is -0.466 e. The highest BCUT2D eigenvalue weighted by Crippen LogP contribution is 2.39. The number of hydrogen-bond acceptors (Lipinski definition) is 5. The predicted octanol–water partition coefficient (Wildman–Crippen LogP) is 4.33. The van der Waals surface area contributed by atoms with Crippen molar-refractivity contribution in [1.82, 2.24) is 5.32 Å². The molecule has 1 aliphatic rings. The average Bonchev–Trinajstić information content (AvgIpc) is 3.61. The van der Waals surface area contributed by atoms with E-state index in [0.717, 1.165) is 16.9 Å². The van der Waals surface area contributed by atoms with Crippen molar-refractivity contribution in [2.24, 2.45) is 11.8 Å². The molecule has 0 saturated heterocycles. The first-order valence-electron chi connectivity index (χ1n) is 11.3. The van der Waals surface area contributed by atoms with Crippen molar-refractivity contribution < 1.29 is 23.5 Å². The van der Waals surface area contributed by atoms with E-state index in [9.17, 15) is 18.8 Å². The fourth-order valence-corrected chi connectivity index (χ4v) is 4.74. The molecular formula is C26H30FNO4S. The summed E-state index contributed by atoms with van der Waals surface area (Å²) in [5.74, 6) is -0.604. The van der Waals surface area contributed by atoms with E-state index in [1.807, 2.05) is 36.4 Å². The molecule has 1 saturated carbocycles. The maximum atomic E-state index is 13.4. The predicted molar refractivity (Wildman–Crippen MR) is 127 cm³/mol. The van der Waals surface area contributed by atoms with E-state index >= 15 is 0 Å². The van der Waals surface area contributed by atoms with Gasteiger partial charge in [-0.1, -0.05) is 42.5 Å². The van der Waals surface area contributed by atoms with Crippen LogP contribution in [0.25, 0.3) is 0 Å². The second-order valence-electron chi connectivity index (χ2n) is 8.21. The number of halogens is 1. The molecule has 1 aliphatic carbocycles. The number of thioether (sulfide) groups is 1. The van der Waals surface area contributed by atoms with Gasteiger partial charge in [-0.25, -0.2) is 4.39 Å². The highest BCUT2D eigenvalue weighted by Gasteiger charge is 2.49. The SMILES string of the molecule is CCOC(=O)[C@H]1C[C@@H]1C(=O)N[C@@H](CSCc1ccccc1)C(=O)CCCc1cccc(F)c1. The Morgan fingerprint density at radius 3 is 2.58 bits per heavy atom. The molecule has 0 bridgehead atoms. The number of hydrogen-bond donors (Lipinski definition) is 1. The average molecular weight is 472 g/mol. The molecule has 1 fully saturated rings. The van der Waals surface area contributed by atoms with Crippen LogP contribution in [0.4, 0.5) is 4.39 Å². The Morgan fingerprint density at radius 1 is 1.09 bits per heavy atom. The molecule has 1 N–H and O–H groups in total. The van der Waals surface area contributed by atoms with E-state index in [2.05, 4.69) is 5.32 Å². The number of benzene rings is 2. The number of nitrogens with one attached hydrogen (secondary N) is 1. The first-order valence-corrected chi connectivity index (χ1v) is 12.5. The van der Waals surface area contributed by atoms with Crippen LogP contribution in [0.2, 0.25) is 0 Å². The van der Waals surface area contributed by atoms with Crippen LogP contribution in [-0.2, 0) is 31.3 Å². The Morgan fingerprint density at radius 2 is 1.85 bits per heavy atom. The van der Waals surface area contributed by atoms with Gasteiger partial charge in [0.05, 0.1) is 24.5 Å². The number of Topliss-reactive ketones (excluding diaryl/α,β-unsaturated/α-hetero) is 1. The summed E-state index contributed by atoms with van der Waals surface area (Å²) in [6.45, 7) is 2.02. The number of amides is 1. The highest BCUT2D eigenvalue weighted by atomic mass is 32.2. The summed E-state index contributed by atoms with van der Waals surface area (Å²) in [7, 11) is 0. The molecule has 0 aromatic heterocycles. The van der Waals surface area contributed by atoms with Crippen molar-refractivity contribution in [2.45, 2.75) is 44.4 Å². The number of carbonyl (C=O) groups is 3. The highest BCUT2D eigenvalue weighted by molar-refractivity contribution is 7.98. The normalized spacial score (nSPS) is 17.8. The molecule has 5 nitrogen and oxygen atoms in total. The smallest absolute Gasteiger partial charge is 0.309 e. The van der Waals surface area contributed by atoms with E-state index in [1.54, 1.807) is 24.8 Å². The second-order valence-corrected chi connectivity index (χ2v) is 9.24. The third-order valence-electron chi connectivity index (χ3n) is 5.60. The number of aryl methyl sites for hydroxylation is 1. The molecule has 1 amide bonds. The quantitative estimate of drug-likeness (QED) is 0.440. The molecule has 176 valence electrons. The van der Waals surface area contributed by atoms with Gasteiger partial charge in [0.25, 0.3) is 0 Å². The van der Waals surface area contributed by atoms with Crippen molar-refractivity contribution in [3.63, 3.8) is 0 Å². The van der Waals surface area contributed by atoms with E-state index < -0.39 is 17.9 Å². The van der Waals surface area contributed by atoms with Crippen LogP contribution < -0.4 is 5.32 Å². The summed E-state index contributed by atoms with van der Waals surface area (Å²) < 4.78 is 18.4. The van der Waals surface area contributed by atoms with Crippen molar-refractivity contribution in [3.05, 3.63) is 71.5 Å². The first-order chi connectivity index (χ1) is 16.0. The third-order valence-corrected chi connectivity index (χ3v) is 6.70. The van der Waals surface area contributed by atoms with Gasteiger partial charge in [0, 0.05) is 17.9 Å². The van der Waals surface area contributed by atoms with E-state index in [0.29, 0.717) is 31.4 Å². The number of carbonyl (C=O) groups excluding carboxylic acids is 3. The van der Waals surface area contributed by atoms with Crippen molar-refractivity contribution in [1.29, 1.82) is 0 Å². The van der Waals surface area contributed by atoms with Gasteiger partial charge in [0.2, 0.25) is 5.91 Å². The zero-order valence-corrected chi connectivity index (χ0v) is 19.6. The van der Waals surface area contributed by atoms with Crippen LogP contribution in [0, 0.1) is 17.7 Å². The number of ketones is 1. The summed E-state index contributed by atoms with van der Waals surface area (Å²) in [4.78, 5) is 37.5. The molecule has 3 rings (SSSR count).